The molecule has 0 radical (unpaired) electrons. The summed E-state index contributed by atoms with van der Waals surface area (Å²) in [4.78, 5) is 25.3. The van der Waals surface area contributed by atoms with E-state index in [0.717, 1.165) is 32.3 Å². The van der Waals surface area contributed by atoms with Gasteiger partial charge in [-0.15, -0.1) is 0 Å². The minimum Gasteiger partial charge on any atom is -0.491 e. The van der Waals surface area contributed by atoms with Crippen LogP contribution in [0.15, 0.2) is 54.6 Å². The lowest BCUT2D eigenvalue weighted by Gasteiger charge is -2.18. The van der Waals surface area contributed by atoms with Gasteiger partial charge in [-0.3, -0.25) is 4.79 Å². The monoisotopic (exact) mass is 395 g/mol. The van der Waals surface area contributed by atoms with Crippen LogP contribution in [0.25, 0.3) is 0 Å². The Kier molecular flexibility index (Phi) is 6.10. The predicted octanol–water partition coefficient (Wildman–Crippen LogP) is 3.42. The van der Waals surface area contributed by atoms with E-state index in [9.17, 15) is 9.59 Å². The van der Waals surface area contributed by atoms with Gasteiger partial charge in [0.1, 0.15) is 12.4 Å². The Morgan fingerprint density at radius 2 is 1.79 bits per heavy atom. The third-order valence-corrected chi connectivity index (χ3v) is 5.04. The average Bonchev–Trinajstić information content (AvgIpc) is 3.41. The highest BCUT2D eigenvalue weighted by Gasteiger charge is 2.31. The van der Waals surface area contributed by atoms with Crippen LogP contribution in [0.5, 0.6) is 5.75 Å². The topological polar surface area (TPSA) is 73.9 Å². The summed E-state index contributed by atoms with van der Waals surface area (Å²) in [5.74, 6) is -0.165. The lowest BCUT2D eigenvalue weighted by molar-refractivity contribution is -0.130. The van der Waals surface area contributed by atoms with Crippen molar-refractivity contribution < 1.29 is 23.8 Å². The Morgan fingerprint density at radius 3 is 2.45 bits per heavy atom. The number of rotatable bonds is 8. The maximum absolute atomic E-state index is 12.6. The molecule has 1 amide bonds. The summed E-state index contributed by atoms with van der Waals surface area (Å²) in [5.41, 5.74) is 1.02. The molecule has 0 bridgehead atoms. The second-order valence-corrected chi connectivity index (χ2v) is 7.45. The summed E-state index contributed by atoms with van der Waals surface area (Å²) in [6, 6.07) is 16.0. The van der Waals surface area contributed by atoms with Gasteiger partial charge >= 0.3 is 5.97 Å². The summed E-state index contributed by atoms with van der Waals surface area (Å²) in [6.45, 7) is 1.29. The van der Waals surface area contributed by atoms with Crippen molar-refractivity contribution in [3.8, 4) is 5.75 Å². The van der Waals surface area contributed by atoms with Crippen molar-refractivity contribution in [1.29, 1.82) is 0 Å². The standard InChI is InChI=1S/C23H25NO5/c25-22(24-18-10-11-18)21(16-5-2-1-3-6-16)29-23(26)17-8-12-19(13-9-17)28-15-20-7-4-14-27-20/h1-3,5-6,8-9,12-13,18,20-21H,4,7,10-11,14-15H2,(H,24,25). The molecule has 2 fully saturated rings. The molecule has 0 aromatic heterocycles. The van der Waals surface area contributed by atoms with Crippen molar-refractivity contribution in [3.05, 3.63) is 65.7 Å². The third kappa shape index (κ3) is 5.35. The number of benzene rings is 2. The van der Waals surface area contributed by atoms with Crippen molar-refractivity contribution in [2.75, 3.05) is 13.2 Å². The SMILES string of the molecule is O=C(OC(C(=O)NC1CC1)c1ccccc1)c1ccc(OCC2CCCO2)cc1. The van der Waals surface area contributed by atoms with Crippen molar-refractivity contribution in [2.24, 2.45) is 0 Å². The Balaban J connectivity index is 1.39. The van der Waals surface area contributed by atoms with E-state index in [-0.39, 0.29) is 18.1 Å². The zero-order chi connectivity index (χ0) is 20.1. The molecule has 6 heteroatoms. The molecule has 2 unspecified atom stereocenters. The molecule has 2 atom stereocenters. The Bertz CT molecular complexity index is 826. The Morgan fingerprint density at radius 1 is 1.03 bits per heavy atom. The molecule has 1 heterocycles. The molecule has 152 valence electrons. The van der Waals surface area contributed by atoms with Crippen LogP contribution in [0.1, 0.15) is 47.7 Å². The molecule has 1 N–H and O–H groups in total. The van der Waals surface area contributed by atoms with E-state index in [0.29, 0.717) is 23.5 Å². The van der Waals surface area contributed by atoms with Crippen LogP contribution in [0.4, 0.5) is 0 Å². The summed E-state index contributed by atoms with van der Waals surface area (Å²) in [6.07, 6.45) is 3.17. The predicted molar refractivity (Wildman–Crippen MR) is 107 cm³/mol. The van der Waals surface area contributed by atoms with Gasteiger partial charge in [0.25, 0.3) is 5.91 Å². The first kappa shape index (κ1) is 19.5. The summed E-state index contributed by atoms with van der Waals surface area (Å²) in [5, 5.41) is 2.91. The normalized spacial score (nSPS) is 19.4. The van der Waals surface area contributed by atoms with Gasteiger partial charge in [-0.1, -0.05) is 30.3 Å². The van der Waals surface area contributed by atoms with E-state index in [2.05, 4.69) is 5.32 Å². The molecule has 4 rings (SSSR count). The van der Waals surface area contributed by atoms with E-state index in [1.807, 2.05) is 18.2 Å². The zero-order valence-corrected chi connectivity index (χ0v) is 16.2. The summed E-state index contributed by atoms with van der Waals surface area (Å²) >= 11 is 0. The fourth-order valence-electron chi connectivity index (χ4n) is 3.23. The quantitative estimate of drug-likeness (QED) is 0.694. The molecule has 29 heavy (non-hydrogen) atoms. The number of nitrogens with one attached hydrogen (secondary N) is 1. The molecule has 1 saturated carbocycles. The molecule has 1 aliphatic carbocycles. The van der Waals surface area contributed by atoms with Crippen LogP contribution in [-0.4, -0.2) is 37.2 Å². The van der Waals surface area contributed by atoms with Crippen LogP contribution in [0.3, 0.4) is 0 Å². The number of amides is 1. The van der Waals surface area contributed by atoms with Crippen LogP contribution in [0, 0.1) is 0 Å². The minimum atomic E-state index is -0.972. The number of carbonyl (C=O) groups is 2. The number of carbonyl (C=O) groups excluding carboxylic acids is 2. The van der Waals surface area contributed by atoms with Crippen LogP contribution >= 0.6 is 0 Å². The van der Waals surface area contributed by atoms with Crippen molar-refractivity contribution in [3.63, 3.8) is 0 Å². The number of ether oxygens (including phenoxy) is 3. The summed E-state index contributed by atoms with van der Waals surface area (Å²) < 4.78 is 16.8. The van der Waals surface area contributed by atoms with Gasteiger partial charge in [0.2, 0.25) is 6.10 Å². The molecule has 1 saturated heterocycles. The Hall–Kier alpha value is -2.86. The van der Waals surface area contributed by atoms with Crippen molar-refractivity contribution in [1.82, 2.24) is 5.32 Å². The maximum atomic E-state index is 12.6. The number of hydrogen-bond donors (Lipinski definition) is 1. The van der Waals surface area contributed by atoms with Gasteiger partial charge in [-0.25, -0.2) is 4.79 Å². The highest BCUT2D eigenvalue weighted by atomic mass is 16.5. The smallest absolute Gasteiger partial charge is 0.339 e. The van der Waals surface area contributed by atoms with Gasteiger partial charge in [0.05, 0.1) is 11.7 Å². The van der Waals surface area contributed by atoms with Crippen molar-refractivity contribution >= 4 is 11.9 Å². The van der Waals surface area contributed by atoms with Crippen LogP contribution in [-0.2, 0) is 14.3 Å². The Labute approximate surface area is 170 Å². The minimum absolute atomic E-state index is 0.135. The molecular weight excluding hydrogens is 370 g/mol. The second kappa shape index (κ2) is 9.09. The van der Waals surface area contributed by atoms with Gasteiger partial charge in [0.15, 0.2) is 0 Å². The molecule has 2 aromatic rings. The molecule has 2 aromatic carbocycles. The molecule has 1 aliphatic heterocycles. The summed E-state index contributed by atoms with van der Waals surface area (Å²) in [7, 11) is 0. The molecule has 6 nitrogen and oxygen atoms in total. The van der Waals surface area contributed by atoms with E-state index in [1.54, 1.807) is 36.4 Å². The molecule has 2 aliphatic rings. The number of esters is 1. The number of hydrogen-bond acceptors (Lipinski definition) is 5. The highest BCUT2D eigenvalue weighted by molar-refractivity contribution is 5.93. The van der Waals surface area contributed by atoms with Gasteiger partial charge in [-0.2, -0.15) is 0 Å². The second-order valence-electron chi connectivity index (χ2n) is 7.45. The zero-order valence-electron chi connectivity index (χ0n) is 16.2. The highest BCUT2D eigenvalue weighted by Crippen LogP contribution is 2.24. The largest absolute Gasteiger partial charge is 0.491 e. The fraction of sp³-hybridized carbons (Fsp3) is 0.391. The lowest BCUT2D eigenvalue weighted by atomic mass is 10.1. The van der Waals surface area contributed by atoms with E-state index < -0.39 is 12.1 Å². The van der Waals surface area contributed by atoms with E-state index >= 15 is 0 Å². The van der Waals surface area contributed by atoms with Gasteiger partial charge in [0, 0.05) is 18.2 Å². The van der Waals surface area contributed by atoms with E-state index in [4.69, 9.17) is 14.2 Å². The van der Waals surface area contributed by atoms with Crippen LogP contribution < -0.4 is 10.1 Å². The maximum Gasteiger partial charge on any atom is 0.339 e. The van der Waals surface area contributed by atoms with Crippen LogP contribution in [0.2, 0.25) is 0 Å². The average molecular weight is 395 g/mol. The molecular formula is C23H25NO5. The first-order valence-electron chi connectivity index (χ1n) is 10.1. The first-order chi connectivity index (χ1) is 14.2. The lowest BCUT2D eigenvalue weighted by Crippen LogP contribution is -2.33. The third-order valence-electron chi connectivity index (χ3n) is 5.04. The van der Waals surface area contributed by atoms with Gasteiger partial charge < -0.3 is 19.5 Å². The first-order valence-corrected chi connectivity index (χ1v) is 10.1. The van der Waals surface area contributed by atoms with Crippen molar-refractivity contribution in [2.45, 2.75) is 43.9 Å². The fourth-order valence-corrected chi connectivity index (χ4v) is 3.23. The molecule has 0 spiro atoms. The van der Waals surface area contributed by atoms with Gasteiger partial charge in [-0.05, 0) is 49.9 Å². The van der Waals surface area contributed by atoms with E-state index in [1.165, 1.54) is 0 Å².